The highest BCUT2D eigenvalue weighted by Gasteiger charge is 2.63. The second kappa shape index (κ2) is 4.09. The molecular weight excluding hydrogens is 238 g/mol. The van der Waals surface area contributed by atoms with Crippen LogP contribution in [0.3, 0.4) is 0 Å². The molecule has 0 amide bonds. The van der Waals surface area contributed by atoms with Gasteiger partial charge in [-0.3, -0.25) is 0 Å². The molecule has 1 rings (SSSR count). The maximum Gasteiger partial charge on any atom is 0.392 e. The lowest BCUT2D eigenvalue weighted by Crippen LogP contribution is -2.59. The first kappa shape index (κ1) is 13.6. The zero-order valence-corrected chi connectivity index (χ0v) is 8.58. The molecular formula is C9H12F6O. The zero-order valence-electron chi connectivity index (χ0n) is 8.58. The first-order valence-electron chi connectivity index (χ1n) is 4.81. The van der Waals surface area contributed by atoms with E-state index in [2.05, 4.69) is 4.74 Å². The first-order chi connectivity index (χ1) is 7.15. The third-order valence-electron chi connectivity index (χ3n) is 2.94. The second-order valence-corrected chi connectivity index (χ2v) is 4.04. The second-order valence-electron chi connectivity index (χ2n) is 4.04. The number of hydrogen-bond acceptors (Lipinski definition) is 1. The molecule has 1 fully saturated rings. The van der Waals surface area contributed by atoms with E-state index >= 15 is 0 Å². The summed E-state index contributed by atoms with van der Waals surface area (Å²) in [4.78, 5) is 0. The van der Waals surface area contributed by atoms with E-state index in [1.54, 1.807) is 0 Å². The Bertz CT molecular complexity index is 239. The Kier molecular flexibility index (Phi) is 3.47. The topological polar surface area (TPSA) is 9.23 Å². The van der Waals surface area contributed by atoms with Gasteiger partial charge in [0.15, 0.2) is 6.17 Å². The van der Waals surface area contributed by atoms with E-state index in [0.717, 1.165) is 0 Å². The summed E-state index contributed by atoms with van der Waals surface area (Å²) in [6.45, 7) is 0.598. The van der Waals surface area contributed by atoms with Gasteiger partial charge in [-0.1, -0.05) is 6.92 Å². The van der Waals surface area contributed by atoms with Crippen LogP contribution < -0.4 is 0 Å². The van der Waals surface area contributed by atoms with Crippen LogP contribution in [0.1, 0.15) is 19.8 Å². The van der Waals surface area contributed by atoms with Crippen molar-refractivity contribution in [1.82, 2.24) is 0 Å². The summed E-state index contributed by atoms with van der Waals surface area (Å²) in [6, 6.07) is 0. The Morgan fingerprint density at radius 1 is 1.19 bits per heavy atom. The van der Waals surface area contributed by atoms with Gasteiger partial charge in [-0.15, -0.1) is 0 Å². The number of ether oxygens (including phenoxy) is 1. The van der Waals surface area contributed by atoms with Crippen molar-refractivity contribution < 1.29 is 31.1 Å². The molecule has 0 aromatic heterocycles. The summed E-state index contributed by atoms with van der Waals surface area (Å²) < 4.78 is 80.1. The fraction of sp³-hybridized carbons (Fsp3) is 1.00. The number of rotatable bonds is 4. The van der Waals surface area contributed by atoms with Crippen LogP contribution in [0.4, 0.5) is 26.3 Å². The third kappa shape index (κ3) is 2.28. The van der Waals surface area contributed by atoms with E-state index in [9.17, 15) is 26.3 Å². The minimum atomic E-state index is -4.93. The van der Waals surface area contributed by atoms with Gasteiger partial charge in [-0.25, -0.2) is 13.2 Å². The van der Waals surface area contributed by atoms with E-state index in [0.29, 0.717) is 0 Å². The lowest BCUT2D eigenvalue weighted by atomic mass is 9.74. The fourth-order valence-corrected chi connectivity index (χ4v) is 1.64. The summed E-state index contributed by atoms with van der Waals surface area (Å²) in [7, 11) is 0. The monoisotopic (exact) mass is 250 g/mol. The van der Waals surface area contributed by atoms with Crippen LogP contribution in [0.15, 0.2) is 0 Å². The van der Waals surface area contributed by atoms with Crippen LogP contribution >= 0.6 is 0 Å². The van der Waals surface area contributed by atoms with Crippen molar-refractivity contribution in [3.63, 3.8) is 0 Å². The van der Waals surface area contributed by atoms with Gasteiger partial charge in [0.1, 0.15) is 0 Å². The Balaban J connectivity index is 2.76. The molecule has 1 aliphatic heterocycles. The lowest BCUT2D eigenvalue weighted by molar-refractivity contribution is -0.280. The van der Waals surface area contributed by atoms with Crippen LogP contribution in [-0.2, 0) is 4.74 Å². The lowest BCUT2D eigenvalue weighted by Gasteiger charge is -2.47. The SMILES string of the molecule is CCC1(C(F)(F)C(F)CC(F)(F)F)COC1. The van der Waals surface area contributed by atoms with Gasteiger partial charge in [0, 0.05) is 0 Å². The Morgan fingerprint density at radius 2 is 1.69 bits per heavy atom. The van der Waals surface area contributed by atoms with Crippen molar-refractivity contribution in [3.8, 4) is 0 Å². The first-order valence-corrected chi connectivity index (χ1v) is 4.81. The number of hydrogen-bond donors (Lipinski definition) is 0. The van der Waals surface area contributed by atoms with Crippen molar-refractivity contribution in [1.29, 1.82) is 0 Å². The van der Waals surface area contributed by atoms with Gasteiger partial charge in [0.25, 0.3) is 5.92 Å². The van der Waals surface area contributed by atoms with E-state index in [1.165, 1.54) is 6.92 Å². The molecule has 0 bridgehead atoms. The van der Waals surface area contributed by atoms with Crippen molar-refractivity contribution in [2.75, 3.05) is 13.2 Å². The molecule has 0 spiro atoms. The highest BCUT2D eigenvalue weighted by molar-refractivity contribution is 5.01. The Morgan fingerprint density at radius 3 is 1.94 bits per heavy atom. The molecule has 1 nitrogen and oxygen atoms in total. The van der Waals surface area contributed by atoms with Crippen LogP contribution in [0.2, 0.25) is 0 Å². The molecule has 0 N–H and O–H groups in total. The summed E-state index contributed by atoms with van der Waals surface area (Å²) in [5, 5.41) is 0. The standard InChI is InChI=1S/C9H12F6O/c1-2-7(4-16-5-7)9(14,15)6(10)3-8(11,12)13/h6H,2-5H2,1H3. The average Bonchev–Trinajstić information content (AvgIpc) is 1.98. The van der Waals surface area contributed by atoms with E-state index in [1.807, 2.05) is 0 Å². The Hall–Kier alpha value is -0.460. The van der Waals surface area contributed by atoms with Crippen molar-refractivity contribution in [2.45, 2.75) is 38.0 Å². The van der Waals surface area contributed by atoms with Crippen molar-refractivity contribution in [3.05, 3.63) is 0 Å². The van der Waals surface area contributed by atoms with Crippen LogP contribution in [0.25, 0.3) is 0 Å². The fourth-order valence-electron chi connectivity index (χ4n) is 1.64. The van der Waals surface area contributed by atoms with Crippen molar-refractivity contribution >= 4 is 0 Å². The minimum Gasteiger partial charge on any atom is -0.380 e. The summed E-state index contributed by atoms with van der Waals surface area (Å²) in [5.41, 5.74) is -1.78. The van der Waals surface area contributed by atoms with E-state index < -0.39 is 43.3 Å². The summed E-state index contributed by atoms with van der Waals surface area (Å²) in [6.07, 6.45) is -10.4. The van der Waals surface area contributed by atoms with Crippen molar-refractivity contribution in [2.24, 2.45) is 5.41 Å². The van der Waals surface area contributed by atoms with Gasteiger partial charge in [-0.05, 0) is 6.42 Å². The van der Waals surface area contributed by atoms with E-state index in [-0.39, 0.29) is 6.42 Å². The smallest absolute Gasteiger partial charge is 0.380 e. The maximum atomic E-state index is 13.5. The highest BCUT2D eigenvalue weighted by atomic mass is 19.4. The molecule has 1 aliphatic rings. The molecule has 0 radical (unpaired) electrons. The predicted molar refractivity (Wildman–Crippen MR) is 44.1 cm³/mol. The molecule has 1 heterocycles. The predicted octanol–water partition coefficient (Wildman–Crippen LogP) is 3.34. The van der Waals surface area contributed by atoms with Crippen LogP contribution in [-0.4, -0.2) is 31.5 Å². The Labute approximate surface area is 88.8 Å². The van der Waals surface area contributed by atoms with Gasteiger partial charge in [-0.2, -0.15) is 13.2 Å². The van der Waals surface area contributed by atoms with Gasteiger partial charge < -0.3 is 4.74 Å². The normalized spacial score (nSPS) is 22.7. The van der Waals surface area contributed by atoms with Gasteiger partial charge in [0.05, 0.1) is 25.0 Å². The molecule has 0 saturated carbocycles. The summed E-state index contributed by atoms with van der Waals surface area (Å²) >= 11 is 0. The van der Waals surface area contributed by atoms with Gasteiger partial charge in [0.2, 0.25) is 0 Å². The molecule has 7 heteroatoms. The van der Waals surface area contributed by atoms with Gasteiger partial charge >= 0.3 is 6.18 Å². The number of alkyl halides is 6. The molecule has 16 heavy (non-hydrogen) atoms. The molecule has 96 valence electrons. The number of halogens is 6. The molecule has 1 saturated heterocycles. The molecule has 0 aliphatic carbocycles. The molecule has 1 unspecified atom stereocenters. The van der Waals surface area contributed by atoms with Crippen LogP contribution in [0.5, 0.6) is 0 Å². The molecule has 1 atom stereocenters. The van der Waals surface area contributed by atoms with E-state index in [4.69, 9.17) is 0 Å². The highest BCUT2D eigenvalue weighted by Crippen LogP contribution is 2.50. The maximum absolute atomic E-state index is 13.5. The quantitative estimate of drug-likeness (QED) is 0.695. The largest absolute Gasteiger partial charge is 0.392 e. The average molecular weight is 250 g/mol. The summed E-state index contributed by atoms with van der Waals surface area (Å²) in [5.74, 6) is -4.00. The van der Waals surface area contributed by atoms with Crippen LogP contribution in [0, 0.1) is 5.41 Å². The molecule has 0 aromatic rings. The third-order valence-corrected chi connectivity index (χ3v) is 2.94. The minimum absolute atomic E-state index is 0.113. The zero-order chi connectivity index (χ0) is 12.6. The molecule has 0 aromatic carbocycles.